The van der Waals surface area contributed by atoms with Gasteiger partial charge in [-0.1, -0.05) is 13.8 Å². The van der Waals surface area contributed by atoms with Crippen LogP contribution in [-0.2, 0) is 4.79 Å². The zero-order valence-corrected chi connectivity index (χ0v) is 16.6. The van der Waals surface area contributed by atoms with Gasteiger partial charge in [-0.3, -0.25) is 14.8 Å². The lowest BCUT2D eigenvalue weighted by Gasteiger charge is -2.34. The van der Waals surface area contributed by atoms with E-state index in [9.17, 15) is 4.79 Å². The number of halogens is 1. The summed E-state index contributed by atoms with van der Waals surface area (Å²) in [5, 5.41) is 3.15. The van der Waals surface area contributed by atoms with Crippen LogP contribution in [0.25, 0.3) is 11.0 Å². The van der Waals surface area contributed by atoms with Crippen molar-refractivity contribution in [1.82, 2.24) is 15.3 Å². The van der Waals surface area contributed by atoms with Crippen LogP contribution < -0.4 is 10.2 Å². The quantitative estimate of drug-likeness (QED) is 0.842. The third kappa shape index (κ3) is 4.11. The maximum Gasteiger partial charge on any atom is 0.223 e. The molecule has 134 valence electrons. The highest BCUT2D eigenvalue weighted by atomic mass is 79.9. The van der Waals surface area contributed by atoms with E-state index >= 15 is 0 Å². The molecule has 3 rings (SSSR count). The summed E-state index contributed by atoms with van der Waals surface area (Å²) in [5.41, 5.74) is 2.91. The van der Waals surface area contributed by atoms with Crippen molar-refractivity contribution in [1.29, 1.82) is 0 Å². The summed E-state index contributed by atoms with van der Waals surface area (Å²) in [5.74, 6) is 0.757. The molecule has 2 aromatic rings. The minimum Gasteiger partial charge on any atom is -0.370 e. The summed E-state index contributed by atoms with van der Waals surface area (Å²) in [6.07, 6.45) is 5.38. The molecule has 1 amide bonds. The lowest BCUT2D eigenvalue weighted by atomic mass is 9.94. The lowest BCUT2D eigenvalue weighted by Crippen LogP contribution is -2.44. The Hall–Kier alpha value is -1.69. The number of nitrogens with one attached hydrogen (secondary N) is 1. The normalized spacial score (nSPS) is 17.1. The van der Waals surface area contributed by atoms with Crippen LogP contribution in [0.1, 0.15) is 33.6 Å². The second-order valence-corrected chi connectivity index (χ2v) is 8.07. The molecule has 0 radical (unpaired) electrons. The van der Waals surface area contributed by atoms with E-state index in [2.05, 4.69) is 56.9 Å². The number of carbonyl (C=O) groups excluding carboxylic acids is 1. The summed E-state index contributed by atoms with van der Waals surface area (Å²) in [4.78, 5) is 23.7. The number of fused-ring (bicyclic) bond motifs is 1. The number of carbonyl (C=O) groups is 1. The second kappa shape index (κ2) is 7.68. The fraction of sp³-hybridized carbons (Fsp3) is 0.526. The summed E-state index contributed by atoms with van der Waals surface area (Å²) in [7, 11) is 0. The fourth-order valence-electron chi connectivity index (χ4n) is 3.14. The van der Waals surface area contributed by atoms with Crippen LogP contribution in [-0.4, -0.2) is 35.0 Å². The Morgan fingerprint density at radius 3 is 2.68 bits per heavy atom. The van der Waals surface area contributed by atoms with Gasteiger partial charge in [-0.15, -0.1) is 0 Å². The number of piperidine rings is 1. The maximum absolute atomic E-state index is 12.4. The highest BCUT2D eigenvalue weighted by Crippen LogP contribution is 2.29. The Morgan fingerprint density at radius 1 is 1.28 bits per heavy atom. The molecule has 0 aromatic carbocycles. The zero-order chi connectivity index (χ0) is 18.0. The van der Waals surface area contributed by atoms with Crippen molar-refractivity contribution in [3.8, 4) is 0 Å². The van der Waals surface area contributed by atoms with Crippen LogP contribution in [0.5, 0.6) is 0 Å². The van der Waals surface area contributed by atoms with Gasteiger partial charge in [0.15, 0.2) is 0 Å². The number of hydrogen-bond acceptors (Lipinski definition) is 4. The van der Waals surface area contributed by atoms with E-state index in [1.165, 1.54) is 0 Å². The third-order valence-corrected chi connectivity index (χ3v) is 5.53. The van der Waals surface area contributed by atoms with Crippen molar-refractivity contribution in [2.24, 2.45) is 11.8 Å². The smallest absolute Gasteiger partial charge is 0.223 e. The van der Waals surface area contributed by atoms with Gasteiger partial charge in [-0.05, 0) is 53.7 Å². The van der Waals surface area contributed by atoms with Crippen LogP contribution in [0.3, 0.4) is 0 Å². The Balaban J connectivity index is 1.68. The highest BCUT2D eigenvalue weighted by molar-refractivity contribution is 9.10. The van der Waals surface area contributed by atoms with E-state index in [1.54, 1.807) is 6.20 Å². The molecule has 0 saturated carbocycles. The molecular formula is C19H25BrN4O. The minimum atomic E-state index is 0.104. The molecule has 5 nitrogen and oxygen atoms in total. The van der Waals surface area contributed by atoms with Gasteiger partial charge in [0.25, 0.3) is 0 Å². The van der Waals surface area contributed by atoms with E-state index in [1.807, 2.05) is 18.3 Å². The number of amides is 1. The van der Waals surface area contributed by atoms with E-state index in [4.69, 9.17) is 0 Å². The fourth-order valence-corrected chi connectivity index (χ4v) is 3.46. The van der Waals surface area contributed by atoms with Gasteiger partial charge in [0.2, 0.25) is 5.91 Å². The molecule has 1 aliphatic rings. The van der Waals surface area contributed by atoms with Crippen LogP contribution in [0.15, 0.2) is 29.0 Å². The molecule has 1 unspecified atom stereocenters. The molecule has 1 atom stereocenters. The summed E-state index contributed by atoms with van der Waals surface area (Å²) in [6, 6.07) is 4.22. The number of aromatic nitrogens is 2. The van der Waals surface area contributed by atoms with Crippen molar-refractivity contribution in [2.45, 2.75) is 39.7 Å². The van der Waals surface area contributed by atoms with Crippen LogP contribution in [0.4, 0.5) is 5.69 Å². The topological polar surface area (TPSA) is 58.1 Å². The summed E-state index contributed by atoms with van der Waals surface area (Å²) < 4.78 is 0.930. The van der Waals surface area contributed by atoms with Crippen molar-refractivity contribution < 1.29 is 4.79 Å². The largest absolute Gasteiger partial charge is 0.370 e. The second-order valence-electron chi connectivity index (χ2n) is 7.15. The van der Waals surface area contributed by atoms with Crippen molar-refractivity contribution >= 4 is 38.6 Å². The SMILES string of the molecule is CC(C)C(C)NC(=O)C1CCN(c2ccnc3cc(Br)cnc23)CC1. The van der Waals surface area contributed by atoms with Crippen LogP contribution >= 0.6 is 15.9 Å². The molecule has 25 heavy (non-hydrogen) atoms. The molecule has 1 saturated heterocycles. The molecular weight excluding hydrogens is 380 g/mol. The predicted octanol–water partition coefficient (Wildman–Crippen LogP) is 3.77. The van der Waals surface area contributed by atoms with Gasteiger partial charge < -0.3 is 10.2 Å². The monoisotopic (exact) mass is 404 g/mol. The molecule has 0 spiro atoms. The van der Waals surface area contributed by atoms with E-state index in [0.717, 1.165) is 47.1 Å². The van der Waals surface area contributed by atoms with Crippen molar-refractivity contribution in [2.75, 3.05) is 18.0 Å². The number of rotatable bonds is 4. The number of anilines is 1. The first-order chi connectivity index (χ1) is 12.0. The molecule has 2 aromatic heterocycles. The van der Waals surface area contributed by atoms with Crippen LogP contribution in [0.2, 0.25) is 0 Å². The Kier molecular flexibility index (Phi) is 5.57. The van der Waals surface area contributed by atoms with E-state index in [-0.39, 0.29) is 17.9 Å². The lowest BCUT2D eigenvalue weighted by molar-refractivity contribution is -0.126. The van der Waals surface area contributed by atoms with Gasteiger partial charge in [-0.2, -0.15) is 0 Å². The third-order valence-electron chi connectivity index (χ3n) is 5.10. The Labute approximate surface area is 157 Å². The molecule has 6 heteroatoms. The molecule has 1 N–H and O–H groups in total. The number of nitrogens with zero attached hydrogens (tertiary/aromatic N) is 3. The number of hydrogen-bond donors (Lipinski definition) is 1. The highest BCUT2D eigenvalue weighted by Gasteiger charge is 2.27. The van der Waals surface area contributed by atoms with Gasteiger partial charge >= 0.3 is 0 Å². The van der Waals surface area contributed by atoms with Crippen LogP contribution in [0, 0.1) is 11.8 Å². The number of pyridine rings is 2. The maximum atomic E-state index is 12.4. The average molecular weight is 405 g/mol. The molecule has 3 heterocycles. The average Bonchev–Trinajstić information content (AvgIpc) is 2.61. The van der Waals surface area contributed by atoms with E-state index in [0.29, 0.717) is 5.92 Å². The summed E-state index contributed by atoms with van der Waals surface area (Å²) in [6.45, 7) is 8.07. The summed E-state index contributed by atoms with van der Waals surface area (Å²) >= 11 is 3.45. The zero-order valence-electron chi connectivity index (χ0n) is 15.0. The first-order valence-electron chi connectivity index (χ1n) is 8.91. The van der Waals surface area contributed by atoms with Gasteiger partial charge in [0.05, 0.1) is 11.2 Å². The Bertz CT molecular complexity index is 756. The standard InChI is InChI=1S/C19H25BrN4O/c1-12(2)13(3)23-19(25)14-5-8-24(9-6-14)17-4-7-21-16-10-15(20)11-22-18(16)17/h4,7,10-14H,5-6,8-9H2,1-3H3,(H,23,25). The first-order valence-corrected chi connectivity index (χ1v) is 9.70. The predicted molar refractivity (Wildman–Crippen MR) is 105 cm³/mol. The molecule has 1 aliphatic heterocycles. The Morgan fingerprint density at radius 2 is 2.00 bits per heavy atom. The minimum absolute atomic E-state index is 0.104. The van der Waals surface area contributed by atoms with E-state index < -0.39 is 0 Å². The molecule has 0 aliphatic carbocycles. The molecule has 1 fully saturated rings. The van der Waals surface area contributed by atoms with Crippen molar-refractivity contribution in [3.63, 3.8) is 0 Å². The van der Waals surface area contributed by atoms with Gasteiger partial charge in [0, 0.05) is 41.9 Å². The molecule has 0 bridgehead atoms. The van der Waals surface area contributed by atoms with Crippen molar-refractivity contribution in [3.05, 3.63) is 29.0 Å². The first kappa shape index (κ1) is 18.1. The van der Waals surface area contributed by atoms with Gasteiger partial charge in [0.1, 0.15) is 5.52 Å². The van der Waals surface area contributed by atoms with Gasteiger partial charge in [-0.25, -0.2) is 0 Å².